The molecule has 0 radical (unpaired) electrons. The van der Waals surface area contributed by atoms with Crippen LogP contribution in [0.25, 0.3) is 0 Å². The van der Waals surface area contributed by atoms with Gasteiger partial charge in [-0.3, -0.25) is 0 Å². The van der Waals surface area contributed by atoms with E-state index in [1.807, 2.05) is 0 Å². The van der Waals surface area contributed by atoms with Gasteiger partial charge in [-0.25, -0.2) is 0 Å². The van der Waals surface area contributed by atoms with Crippen LogP contribution < -0.4 is 0 Å². The highest BCUT2D eigenvalue weighted by Gasteiger charge is 2.62. The summed E-state index contributed by atoms with van der Waals surface area (Å²) in [5.41, 5.74) is 0.900. The molecule has 2 fully saturated rings. The quantitative estimate of drug-likeness (QED) is 0.512. The number of rotatable bonds is 1. The van der Waals surface area contributed by atoms with Crippen LogP contribution >= 0.6 is 0 Å². The molecule has 2 saturated carbocycles. The largest absolute Gasteiger partial charge is 0.411 e. The Morgan fingerprint density at radius 1 is 1.64 bits per heavy atom. The van der Waals surface area contributed by atoms with Gasteiger partial charge in [0.05, 0.1) is 11.8 Å². The van der Waals surface area contributed by atoms with Gasteiger partial charge in [0.2, 0.25) is 0 Å². The van der Waals surface area contributed by atoms with E-state index in [0.29, 0.717) is 12.3 Å². The number of nitrogens with zero attached hydrogens (tertiary/aromatic N) is 2. The van der Waals surface area contributed by atoms with Crippen molar-refractivity contribution in [2.75, 3.05) is 0 Å². The molecule has 1 unspecified atom stereocenters. The average molecular weight is 192 g/mol. The third-order valence-corrected chi connectivity index (χ3v) is 4.80. The van der Waals surface area contributed by atoms with Crippen molar-refractivity contribution in [1.82, 2.24) is 0 Å². The first-order valence-electron chi connectivity index (χ1n) is 5.17. The number of hydrogen-bond donors (Lipinski definition) is 1. The van der Waals surface area contributed by atoms with Gasteiger partial charge in [0.15, 0.2) is 0 Å². The fourth-order valence-electron chi connectivity index (χ4n) is 3.43. The summed E-state index contributed by atoms with van der Waals surface area (Å²) in [6.07, 6.45) is 3.70. The molecular formula is C11H16N2O. The van der Waals surface area contributed by atoms with Gasteiger partial charge in [-0.2, -0.15) is 5.26 Å². The lowest BCUT2D eigenvalue weighted by Gasteiger charge is -2.35. The average Bonchev–Trinajstić information content (AvgIpc) is 2.51. The minimum atomic E-state index is -0.0395. The van der Waals surface area contributed by atoms with Gasteiger partial charge in [0.25, 0.3) is 0 Å². The molecule has 2 aliphatic rings. The standard InChI is InChI=1S/C11H16N2O/c1-10(5-6-12)8-3-4-11(10,2)9(7-8)13-14/h8,14H,3-5,7H2,1-2H3/b13-9+/t8-,10?,11+/m1/s1. The van der Waals surface area contributed by atoms with E-state index >= 15 is 0 Å². The van der Waals surface area contributed by atoms with Crippen LogP contribution in [-0.4, -0.2) is 10.9 Å². The van der Waals surface area contributed by atoms with Crippen molar-refractivity contribution < 1.29 is 5.21 Å². The van der Waals surface area contributed by atoms with Gasteiger partial charge in [-0.1, -0.05) is 19.0 Å². The molecule has 1 N–H and O–H groups in total. The molecule has 2 rings (SSSR count). The van der Waals surface area contributed by atoms with Gasteiger partial charge in [-0.05, 0) is 30.6 Å². The maximum atomic E-state index is 8.96. The van der Waals surface area contributed by atoms with E-state index in [1.54, 1.807) is 0 Å². The molecule has 0 amide bonds. The topological polar surface area (TPSA) is 56.4 Å². The molecule has 76 valence electrons. The smallest absolute Gasteiger partial charge is 0.0638 e. The van der Waals surface area contributed by atoms with E-state index in [0.717, 1.165) is 18.6 Å². The molecule has 2 aliphatic carbocycles. The first-order chi connectivity index (χ1) is 6.58. The van der Waals surface area contributed by atoms with Crippen molar-refractivity contribution in [3.63, 3.8) is 0 Å². The lowest BCUT2D eigenvalue weighted by atomic mass is 9.67. The van der Waals surface area contributed by atoms with Gasteiger partial charge >= 0.3 is 0 Å². The molecule has 0 heterocycles. The molecule has 3 nitrogen and oxygen atoms in total. The molecular weight excluding hydrogens is 176 g/mol. The van der Waals surface area contributed by atoms with Crippen LogP contribution in [0.15, 0.2) is 5.16 Å². The molecule has 2 bridgehead atoms. The summed E-state index contributed by atoms with van der Waals surface area (Å²) in [7, 11) is 0. The van der Waals surface area contributed by atoms with E-state index < -0.39 is 0 Å². The summed E-state index contributed by atoms with van der Waals surface area (Å²) in [4.78, 5) is 0. The highest BCUT2D eigenvalue weighted by atomic mass is 16.4. The first kappa shape index (κ1) is 9.51. The Hall–Kier alpha value is -1.04. The Balaban J connectivity index is 2.43. The van der Waals surface area contributed by atoms with Crippen LogP contribution in [0.5, 0.6) is 0 Å². The minimum Gasteiger partial charge on any atom is -0.411 e. The summed E-state index contributed by atoms with van der Waals surface area (Å²) in [5, 5.41) is 21.3. The SMILES string of the molecule is CC1(CC#N)[C@@H]2CC[C@@]1(C)/C(=N/O)C2. The maximum absolute atomic E-state index is 8.96. The molecule has 0 spiro atoms. The van der Waals surface area contributed by atoms with Gasteiger partial charge < -0.3 is 5.21 Å². The van der Waals surface area contributed by atoms with Crippen molar-refractivity contribution in [1.29, 1.82) is 5.26 Å². The van der Waals surface area contributed by atoms with E-state index in [9.17, 15) is 0 Å². The lowest BCUT2D eigenvalue weighted by molar-refractivity contribution is 0.168. The Bertz CT molecular complexity index is 331. The van der Waals surface area contributed by atoms with E-state index in [-0.39, 0.29) is 10.8 Å². The maximum Gasteiger partial charge on any atom is 0.0638 e. The summed E-state index contributed by atoms with van der Waals surface area (Å²) in [6.45, 7) is 4.32. The monoisotopic (exact) mass is 192 g/mol. The Morgan fingerprint density at radius 3 is 2.86 bits per heavy atom. The molecule has 0 aromatic heterocycles. The second kappa shape index (κ2) is 2.73. The second-order valence-electron chi connectivity index (χ2n) is 5.07. The normalized spacial score (nSPS) is 48.4. The van der Waals surface area contributed by atoms with Crippen LogP contribution in [0.1, 0.15) is 39.5 Å². The third kappa shape index (κ3) is 0.841. The van der Waals surface area contributed by atoms with E-state index in [2.05, 4.69) is 25.1 Å². The Morgan fingerprint density at radius 2 is 2.36 bits per heavy atom. The van der Waals surface area contributed by atoms with Crippen molar-refractivity contribution in [3.8, 4) is 6.07 Å². The zero-order valence-electron chi connectivity index (χ0n) is 8.75. The predicted octanol–water partition coefficient (Wildman–Crippen LogP) is 2.56. The van der Waals surface area contributed by atoms with Crippen molar-refractivity contribution >= 4 is 5.71 Å². The fourth-order valence-corrected chi connectivity index (χ4v) is 3.43. The van der Waals surface area contributed by atoms with Crippen LogP contribution in [0.3, 0.4) is 0 Å². The molecule has 3 atom stereocenters. The number of hydrogen-bond acceptors (Lipinski definition) is 3. The van der Waals surface area contributed by atoms with E-state index in [4.69, 9.17) is 10.5 Å². The third-order valence-electron chi connectivity index (χ3n) is 4.80. The summed E-state index contributed by atoms with van der Waals surface area (Å²) in [6, 6.07) is 2.28. The Labute approximate surface area is 84.4 Å². The highest BCUT2D eigenvalue weighted by molar-refractivity contribution is 5.93. The molecule has 0 aromatic rings. The second-order valence-corrected chi connectivity index (χ2v) is 5.07. The van der Waals surface area contributed by atoms with Crippen LogP contribution in [-0.2, 0) is 0 Å². The van der Waals surface area contributed by atoms with Crippen LogP contribution in [0, 0.1) is 28.1 Å². The molecule has 0 saturated heterocycles. The van der Waals surface area contributed by atoms with Crippen molar-refractivity contribution in [2.24, 2.45) is 21.9 Å². The minimum absolute atomic E-state index is 0.0311. The summed E-state index contributed by atoms with van der Waals surface area (Å²) in [5.74, 6) is 0.540. The molecule has 0 aromatic carbocycles. The zero-order valence-corrected chi connectivity index (χ0v) is 8.75. The van der Waals surface area contributed by atoms with Gasteiger partial charge in [0, 0.05) is 11.8 Å². The fraction of sp³-hybridized carbons (Fsp3) is 0.818. The summed E-state index contributed by atoms with van der Waals surface area (Å²) < 4.78 is 0. The molecule has 3 heteroatoms. The number of oxime groups is 1. The highest BCUT2D eigenvalue weighted by Crippen LogP contribution is 2.65. The first-order valence-corrected chi connectivity index (χ1v) is 5.17. The van der Waals surface area contributed by atoms with Gasteiger partial charge in [-0.15, -0.1) is 0 Å². The predicted molar refractivity (Wildman–Crippen MR) is 53.0 cm³/mol. The lowest BCUT2D eigenvalue weighted by Crippen LogP contribution is -2.34. The molecule has 14 heavy (non-hydrogen) atoms. The summed E-state index contributed by atoms with van der Waals surface area (Å²) >= 11 is 0. The molecule has 0 aliphatic heterocycles. The van der Waals surface area contributed by atoms with Crippen molar-refractivity contribution in [3.05, 3.63) is 0 Å². The van der Waals surface area contributed by atoms with Crippen molar-refractivity contribution in [2.45, 2.75) is 39.5 Å². The van der Waals surface area contributed by atoms with Crippen LogP contribution in [0.4, 0.5) is 0 Å². The zero-order chi connectivity index (χ0) is 10.4. The number of fused-ring (bicyclic) bond motifs is 2. The van der Waals surface area contributed by atoms with Crippen LogP contribution in [0.2, 0.25) is 0 Å². The number of nitriles is 1. The Kier molecular flexibility index (Phi) is 1.85. The van der Waals surface area contributed by atoms with E-state index in [1.165, 1.54) is 6.42 Å². The van der Waals surface area contributed by atoms with Gasteiger partial charge in [0.1, 0.15) is 0 Å².